The summed E-state index contributed by atoms with van der Waals surface area (Å²) in [5, 5.41) is 11.7. The fourth-order valence-electron chi connectivity index (χ4n) is 6.18. The van der Waals surface area contributed by atoms with Crippen LogP contribution in [0.2, 0.25) is 0 Å². The lowest BCUT2D eigenvalue weighted by Gasteiger charge is -2.52. The maximum atomic E-state index is 14.0. The predicted molar refractivity (Wildman–Crippen MR) is 131 cm³/mol. The number of rotatable bonds is 5. The molecule has 3 heterocycles. The molecule has 5 rings (SSSR count). The Morgan fingerprint density at radius 2 is 1.85 bits per heavy atom. The van der Waals surface area contributed by atoms with E-state index in [-0.39, 0.29) is 22.0 Å². The topological polar surface area (TPSA) is 50.3 Å². The van der Waals surface area contributed by atoms with Gasteiger partial charge in [0.1, 0.15) is 27.3 Å². The van der Waals surface area contributed by atoms with Crippen molar-refractivity contribution in [3.05, 3.63) is 41.7 Å². The molecule has 1 N–H and O–H groups in total. The molecule has 0 radical (unpaired) electrons. The van der Waals surface area contributed by atoms with Gasteiger partial charge < -0.3 is 15.0 Å². The van der Waals surface area contributed by atoms with Crippen molar-refractivity contribution in [1.82, 2.24) is 15.1 Å². The van der Waals surface area contributed by atoms with Crippen molar-refractivity contribution >= 4 is 21.5 Å². The zero-order valence-electron chi connectivity index (χ0n) is 20.1. The number of fused-ring (bicyclic) bond motifs is 1. The van der Waals surface area contributed by atoms with E-state index < -0.39 is 17.5 Å². The fraction of sp³-hybridized carbons (Fsp3) is 0.583. The van der Waals surface area contributed by atoms with Gasteiger partial charge in [0.25, 0.3) is 0 Å². The van der Waals surface area contributed by atoms with E-state index in [1.165, 1.54) is 6.42 Å². The largest absolute Gasteiger partial charge is 0.381 e. The van der Waals surface area contributed by atoms with Crippen LogP contribution in [0.1, 0.15) is 32.6 Å². The van der Waals surface area contributed by atoms with E-state index in [0.717, 1.165) is 51.6 Å². The van der Waals surface area contributed by atoms with Crippen molar-refractivity contribution in [3.63, 3.8) is 0 Å². The van der Waals surface area contributed by atoms with Gasteiger partial charge in [0.2, 0.25) is 0 Å². The zero-order chi connectivity index (χ0) is 24.1. The molecular weight excluding hydrogens is 439 g/mol. The summed E-state index contributed by atoms with van der Waals surface area (Å²) in [4.78, 5) is 2.68. The summed E-state index contributed by atoms with van der Waals surface area (Å²) >= 11 is 0. The van der Waals surface area contributed by atoms with Gasteiger partial charge in [-0.2, -0.15) is 0 Å². The molecule has 180 valence electrons. The standard InChI is InChI=1S/C24H31B2F3N4O/c1-23(5-2-6-34-13-23)24(25,26)33-11-14-7-17(8-15(14)12-33)30-21-4-3-20(31-32-21)18-9-16(27)10-19(28)22(18)29/h3-4,9-10,14-15,17H,2,5-8,11-13,25-26H2,1H3,(H,30,32)/t14-,15+,17+,23?. The second-order valence-electron chi connectivity index (χ2n) is 11.1. The summed E-state index contributed by atoms with van der Waals surface area (Å²) in [6.07, 6.45) is 4.47. The molecule has 3 aliphatic rings. The van der Waals surface area contributed by atoms with Crippen molar-refractivity contribution in [2.75, 3.05) is 31.6 Å². The van der Waals surface area contributed by atoms with E-state index in [4.69, 9.17) is 4.74 Å². The monoisotopic (exact) mass is 470 g/mol. The van der Waals surface area contributed by atoms with Crippen molar-refractivity contribution in [2.24, 2.45) is 17.3 Å². The van der Waals surface area contributed by atoms with Crippen LogP contribution in [0.3, 0.4) is 0 Å². The molecule has 10 heteroatoms. The number of nitrogens with one attached hydrogen (secondary N) is 1. The van der Waals surface area contributed by atoms with E-state index in [0.29, 0.717) is 29.8 Å². The number of halogens is 3. The maximum Gasteiger partial charge on any atom is 0.168 e. The first-order valence-corrected chi connectivity index (χ1v) is 12.2. The van der Waals surface area contributed by atoms with Gasteiger partial charge in [0.15, 0.2) is 11.6 Å². The Labute approximate surface area is 200 Å². The van der Waals surface area contributed by atoms with Crippen LogP contribution in [-0.2, 0) is 4.74 Å². The molecule has 3 fully saturated rings. The lowest BCUT2D eigenvalue weighted by atomic mass is 9.46. The Hall–Kier alpha value is -2.06. The van der Waals surface area contributed by atoms with Crippen LogP contribution in [-0.4, -0.2) is 68.5 Å². The van der Waals surface area contributed by atoms with E-state index in [1.807, 2.05) is 0 Å². The Bertz CT molecular complexity index is 1040. The zero-order valence-corrected chi connectivity index (χ0v) is 20.1. The molecule has 34 heavy (non-hydrogen) atoms. The van der Waals surface area contributed by atoms with Crippen molar-refractivity contribution in [2.45, 2.75) is 44.0 Å². The minimum absolute atomic E-state index is 0.0909. The Morgan fingerprint density at radius 1 is 1.12 bits per heavy atom. The van der Waals surface area contributed by atoms with E-state index >= 15 is 0 Å². The Balaban J connectivity index is 1.20. The van der Waals surface area contributed by atoms with Crippen LogP contribution < -0.4 is 5.32 Å². The number of benzene rings is 1. The molecule has 0 amide bonds. The number of anilines is 1. The van der Waals surface area contributed by atoms with E-state index in [2.05, 4.69) is 43.0 Å². The first-order chi connectivity index (χ1) is 16.2. The van der Waals surface area contributed by atoms with Gasteiger partial charge in [-0.25, -0.2) is 13.2 Å². The molecule has 0 bridgehead atoms. The average molecular weight is 470 g/mol. The average Bonchev–Trinajstić information content (AvgIpc) is 3.36. The highest BCUT2D eigenvalue weighted by molar-refractivity contribution is 6.40. The highest BCUT2D eigenvalue weighted by atomic mass is 19.2. The van der Waals surface area contributed by atoms with Crippen LogP contribution in [0, 0.1) is 34.7 Å². The highest BCUT2D eigenvalue weighted by Gasteiger charge is 2.51. The van der Waals surface area contributed by atoms with Crippen molar-refractivity contribution in [3.8, 4) is 11.3 Å². The number of aromatic nitrogens is 2. The smallest absolute Gasteiger partial charge is 0.168 e. The SMILES string of the molecule is BC(B)(N1C[C@H]2C[C@H](Nc3ccc(-c4cc(F)cc(F)c4F)nn3)C[C@H]2C1)C1(C)CCCOC1. The summed E-state index contributed by atoms with van der Waals surface area (Å²) in [5.41, 5.74) is 0.0395. The number of hydrogen-bond acceptors (Lipinski definition) is 5. The molecule has 5 nitrogen and oxygen atoms in total. The van der Waals surface area contributed by atoms with Crippen LogP contribution >= 0.6 is 0 Å². The summed E-state index contributed by atoms with van der Waals surface area (Å²) in [6, 6.07) is 4.99. The summed E-state index contributed by atoms with van der Waals surface area (Å²) in [6.45, 7) is 6.27. The van der Waals surface area contributed by atoms with Gasteiger partial charge in [-0.05, 0) is 66.5 Å². The van der Waals surface area contributed by atoms with Crippen LogP contribution in [0.25, 0.3) is 11.3 Å². The van der Waals surface area contributed by atoms with Crippen LogP contribution in [0.4, 0.5) is 19.0 Å². The number of likely N-dealkylation sites (tertiary alicyclic amines) is 1. The summed E-state index contributed by atoms with van der Waals surface area (Å²) in [7, 11) is 4.76. The minimum Gasteiger partial charge on any atom is -0.381 e. The summed E-state index contributed by atoms with van der Waals surface area (Å²) < 4.78 is 46.9. The van der Waals surface area contributed by atoms with Gasteiger partial charge >= 0.3 is 0 Å². The Morgan fingerprint density at radius 3 is 2.47 bits per heavy atom. The second-order valence-corrected chi connectivity index (χ2v) is 11.1. The molecule has 1 saturated carbocycles. The van der Waals surface area contributed by atoms with Gasteiger partial charge in [0, 0.05) is 37.4 Å². The number of ether oxygens (including phenoxy) is 1. The lowest BCUT2D eigenvalue weighted by Crippen LogP contribution is -2.62. The first kappa shape index (κ1) is 23.7. The lowest BCUT2D eigenvalue weighted by molar-refractivity contribution is -0.0383. The van der Waals surface area contributed by atoms with Crippen LogP contribution in [0.15, 0.2) is 24.3 Å². The summed E-state index contributed by atoms with van der Waals surface area (Å²) in [5.74, 6) is -1.34. The van der Waals surface area contributed by atoms with Gasteiger partial charge in [-0.15, -0.1) is 10.2 Å². The van der Waals surface area contributed by atoms with Crippen molar-refractivity contribution in [1.29, 1.82) is 0 Å². The normalized spacial score (nSPS) is 29.8. The van der Waals surface area contributed by atoms with Gasteiger partial charge in [0.05, 0.1) is 12.3 Å². The first-order valence-electron chi connectivity index (χ1n) is 12.2. The second kappa shape index (κ2) is 8.86. The quantitative estimate of drug-likeness (QED) is 0.538. The maximum absolute atomic E-state index is 14.0. The predicted octanol–water partition coefficient (Wildman–Crippen LogP) is 2.42. The molecular formula is C24H31B2F3N4O. The third-order valence-corrected chi connectivity index (χ3v) is 8.74. The molecule has 1 aromatic heterocycles. The molecule has 2 saturated heterocycles. The molecule has 2 aliphatic heterocycles. The number of hydrogen-bond donors (Lipinski definition) is 1. The molecule has 1 unspecified atom stereocenters. The Kier molecular flexibility index (Phi) is 6.17. The third-order valence-electron chi connectivity index (χ3n) is 8.74. The third kappa shape index (κ3) is 4.24. The fourth-order valence-corrected chi connectivity index (χ4v) is 6.18. The van der Waals surface area contributed by atoms with E-state index in [1.54, 1.807) is 12.1 Å². The number of nitrogens with zero attached hydrogens (tertiary/aromatic N) is 3. The van der Waals surface area contributed by atoms with E-state index in [9.17, 15) is 13.2 Å². The van der Waals surface area contributed by atoms with Gasteiger partial charge in [-0.3, -0.25) is 0 Å². The molecule has 1 aliphatic carbocycles. The molecule has 1 aromatic carbocycles. The highest BCUT2D eigenvalue weighted by Crippen LogP contribution is 2.46. The van der Waals surface area contributed by atoms with Gasteiger partial charge in [-0.1, -0.05) is 6.92 Å². The molecule has 0 spiro atoms. The molecule has 4 atom stereocenters. The van der Waals surface area contributed by atoms with Crippen molar-refractivity contribution < 1.29 is 17.9 Å². The molecule has 2 aromatic rings. The van der Waals surface area contributed by atoms with Crippen LogP contribution in [0.5, 0.6) is 0 Å². The minimum atomic E-state index is -1.24.